The molecule has 1 aliphatic heterocycles. The summed E-state index contributed by atoms with van der Waals surface area (Å²) < 4.78 is 14.6. The number of halogens is 1. The lowest BCUT2D eigenvalue weighted by molar-refractivity contribution is 0.0955. The Morgan fingerprint density at radius 2 is 1.85 bits per heavy atom. The van der Waals surface area contributed by atoms with E-state index in [4.69, 9.17) is 0 Å². The number of benzene rings is 2. The third-order valence-electron chi connectivity index (χ3n) is 4.88. The number of thiophene rings is 1. The third-order valence-corrected chi connectivity index (χ3v) is 5.98. The first-order valence-electron chi connectivity index (χ1n) is 8.96. The van der Waals surface area contributed by atoms with Crippen LogP contribution in [0.2, 0.25) is 0 Å². The van der Waals surface area contributed by atoms with Crippen molar-refractivity contribution in [2.24, 2.45) is 0 Å². The summed E-state index contributed by atoms with van der Waals surface area (Å²) in [4.78, 5) is 15.5. The maximum atomic E-state index is 13.8. The normalized spacial score (nSPS) is 14.8. The van der Waals surface area contributed by atoms with Crippen molar-refractivity contribution in [2.45, 2.75) is 25.9 Å². The number of fused-ring (bicyclic) bond motifs is 1. The number of hydrogen-bond donors (Lipinski definition) is 1. The molecular formula is C21H21FN2OS. The second-order valence-corrected chi connectivity index (χ2v) is 7.78. The van der Waals surface area contributed by atoms with Gasteiger partial charge in [-0.1, -0.05) is 30.3 Å². The lowest BCUT2D eigenvalue weighted by Crippen LogP contribution is -2.24. The molecule has 4 rings (SSSR count). The average molecular weight is 368 g/mol. The van der Waals surface area contributed by atoms with E-state index in [1.165, 1.54) is 35.8 Å². The second kappa shape index (κ2) is 7.56. The van der Waals surface area contributed by atoms with E-state index in [1.807, 2.05) is 18.2 Å². The first kappa shape index (κ1) is 17.2. The lowest BCUT2D eigenvalue weighted by Gasteiger charge is -2.17. The van der Waals surface area contributed by atoms with Crippen molar-refractivity contribution in [1.29, 1.82) is 0 Å². The molecule has 0 atom stereocenters. The first-order valence-corrected chi connectivity index (χ1v) is 9.78. The summed E-state index contributed by atoms with van der Waals surface area (Å²) in [5.74, 6) is -0.435. The van der Waals surface area contributed by atoms with Crippen LogP contribution in [0.4, 0.5) is 4.39 Å². The molecule has 2 heterocycles. The smallest absolute Gasteiger partial charge is 0.261 e. The van der Waals surface area contributed by atoms with E-state index in [2.05, 4.69) is 22.3 Å². The van der Waals surface area contributed by atoms with Gasteiger partial charge in [0.05, 0.1) is 4.88 Å². The van der Waals surface area contributed by atoms with Crippen LogP contribution >= 0.6 is 11.3 Å². The Labute approximate surface area is 156 Å². The zero-order valence-corrected chi connectivity index (χ0v) is 15.3. The van der Waals surface area contributed by atoms with Crippen LogP contribution in [0.15, 0.2) is 48.5 Å². The number of carbonyl (C=O) groups is 1. The molecule has 134 valence electrons. The molecule has 1 fully saturated rings. The molecule has 3 nitrogen and oxygen atoms in total. The standard InChI is InChI=1S/C21H21FN2OS/c22-18-8-5-9-19-17(18)12-20(26-19)21(25)23-13-15-6-1-2-7-16(15)14-24-10-3-4-11-24/h1-2,5-9,12H,3-4,10-11,13-14H2,(H,23,25). The molecule has 1 amide bonds. The molecule has 5 heteroatoms. The van der Waals surface area contributed by atoms with Gasteiger partial charge in [-0.15, -0.1) is 11.3 Å². The molecule has 0 unspecified atom stereocenters. The van der Waals surface area contributed by atoms with Gasteiger partial charge < -0.3 is 5.32 Å². The molecule has 0 saturated carbocycles. The fourth-order valence-electron chi connectivity index (χ4n) is 3.47. The van der Waals surface area contributed by atoms with Crippen LogP contribution in [0.5, 0.6) is 0 Å². The number of amides is 1. The molecule has 26 heavy (non-hydrogen) atoms. The molecule has 1 aliphatic rings. The van der Waals surface area contributed by atoms with Gasteiger partial charge in [-0.25, -0.2) is 4.39 Å². The van der Waals surface area contributed by atoms with Gasteiger partial charge in [0.1, 0.15) is 5.82 Å². The van der Waals surface area contributed by atoms with Gasteiger partial charge in [0.15, 0.2) is 0 Å². The summed E-state index contributed by atoms with van der Waals surface area (Å²) in [6.07, 6.45) is 2.53. The fraction of sp³-hybridized carbons (Fsp3) is 0.286. The molecule has 0 radical (unpaired) electrons. The molecule has 3 aromatic rings. The van der Waals surface area contributed by atoms with Crippen molar-refractivity contribution in [3.8, 4) is 0 Å². The summed E-state index contributed by atoms with van der Waals surface area (Å²) in [6, 6.07) is 14.8. The van der Waals surface area contributed by atoms with E-state index in [1.54, 1.807) is 12.1 Å². The molecule has 0 bridgehead atoms. The molecule has 0 aliphatic carbocycles. The van der Waals surface area contributed by atoms with Crippen LogP contribution < -0.4 is 5.32 Å². The van der Waals surface area contributed by atoms with Crippen LogP contribution in [0, 0.1) is 5.82 Å². The van der Waals surface area contributed by atoms with Gasteiger partial charge in [-0.05, 0) is 55.3 Å². The minimum absolute atomic E-state index is 0.151. The maximum Gasteiger partial charge on any atom is 0.261 e. The van der Waals surface area contributed by atoms with E-state index < -0.39 is 0 Å². The van der Waals surface area contributed by atoms with Crippen molar-refractivity contribution in [3.63, 3.8) is 0 Å². The number of carbonyl (C=O) groups excluding carboxylic acids is 1. The summed E-state index contributed by atoms with van der Waals surface area (Å²) in [5, 5.41) is 3.50. The van der Waals surface area contributed by atoms with Crippen LogP contribution in [-0.2, 0) is 13.1 Å². The zero-order valence-electron chi connectivity index (χ0n) is 14.5. The molecule has 0 spiro atoms. The van der Waals surface area contributed by atoms with Crippen molar-refractivity contribution in [1.82, 2.24) is 10.2 Å². The molecule has 1 aromatic heterocycles. The topological polar surface area (TPSA) is 32.3 Å². The number of likely N-dealkylation sites (tertiary alicyclic amines) is 1. The minimum atomic E-state index is -0.284. The van der Waals surface area contributed by atoms with Crippen LogP contribution in [0.3, 0.4) is 0 Å². The maximum absolute atomic E-state index is 13.8. The highest BCUT2D eigenvalue weighted by Gasteiger charge is 2.15. The van der Waals surface area contributed by atoms with E-state index in [0.717, 1.165) is 29.9 Å². The number of hydrogen-bond acceptors (Lipinski definition) is 3. The zero-order chi connectivity index (χ0) is 17.9. The quantitative estimate of drug-likeness (QED) is 0.716. The van der Waals surface area contributed by atoms with E-state index in [0.29, 0.717) is 16.8 Å². The Morgan fingerprint density at radius 1 is 1.08 bits per heavy atom. The highest BCUT2D eigenvalue weighted by Crippen LogP contribution is 2.27. The van der Waals surface area contributed by atoms with Crippen molar-refractivity contribution < 1.29 is 9.18 Å². The highest BCUT2D eigenvalue weighted by atomic mass is 32.1. The Hall–Kier alpha value is -2.24. The molecule has 1 N–H and O–H groups in total. The van der Waals surface area contributed by atoms with Crippen molar-refractivity contribution >= 4 is 27.3 Å². The van der Waals surface area contributed by atoms with Crippen molar-refractivity contribution in [3.05, 3.63) is 70.4 Å². The third kappa shape index (κ3) is 3.64. The highest BCUT2D eigenvalue weighted by molar-refractivity contribution is 7.20. The molecule has 2 aromatic carbocycles. The SMILES string of the molecule is O=C(NCc1ccccc1CN1CCCC1)c1cc2c(F)cccc2s1. The van der Waals surface area contributed by atoms with Gasteiger partial charge in [0, 0.05) is 23.2 Å². The van der Waals surface area contributed by atoms with Crippen LogP contribution in [0.25, 0.3) is 10.1 Å². The largest absolute Gasteiger partial charge is 0.347 e. The van der Waals surface area contributed by atoms with Gasteiger partial charge in [0.2, 0.25) is 0 Å². The number of nitrogens with one attached hydrogen (secondary N) is 1. The van der Waals surface area contributed by atoms with Gasteiger partial charge >= 0.3 is 0 Å². The number of rotatable bonds is 5. The van der Waals surface area contributed by atoms with Gasteiger partial charge in [-0.2, -0.15) is 0 Å². The summed E-state index contributed by atoms with van der Waals surface area (Å²) >= 11 is 1.32. The minimum Gasteiger partial charge on any atom is -0.347 e. The lowest BCUT2D eigenvalue weighted by atomic mass is 10.1. The Bertz CT molecular complexity index is 931. The second-order valence-electron chi connectivity index (χ2n) is 6.70. The van der Waals surface area contributed by atoms with E-state index in [-0.39, 0.29) is 11.7 Å². The monoisotopic (exact) mass is 368 g/mol. The van der Waals surface area contributed by atoms with E-state index in [9.17, 15) is 9.18 Å². The summed E-state index contributed by atoms with van der Waals surface area (Å²) in [7, 11) is 0. The van der Waals surface area contributed by atoms with Crippen molar-refractivity contribution in [2.75, 3.05) is 13.1 Å². The molecular weight excluding hydrogens is 347 g/mol. The Morgan fingerprint density at radius 3 is 2.62 bits per heavy atom. The predicted octanol–water partition coefficient (Wildman–Crippen LogP) is 4.57. The first-order chi connectivity index (χ1) is 12.7. The fourth-order valence-corrected chi connectivity index (χ4v) is 4.46. The predicted molar refractivity (Wildman–Crippen MR) is 104 cm³/mol. The number of nitrogens with zero attached hydrogens (tertiary/aromatic N) is 1. The average Bonchev–Trinajstić information content (AvgIpc) is 3.31. The van der Waals surface area contributed by atoms with Crippen LogP contribution in [0.1, 0.15) is 33.6 Å². The van der Waals surface area contributed by atoms with Crippen LogP contribution in [-0.4, -0.2) is 23.9 Å². The Kier molecular flexibility index (Phi) is 5.00. The van der Waals surface area contributed by atoms with E-state index >= 15 is 0 Å². The van der Waals surface area contributed by atoms with Gasteiger partial charge in [-0.3, -0.25) is 9.69 Å². The summed E-state index contributed by atoms with van der Waals surface area (Å²) in [6.45, 7) is 3.71. The van der Waals surface area contributed by atoms with Gasteiger partial charge in [0.25, 0.3) is 5.91 Å². The Balaban J connectivity index is 1.46. The summed E-state index contributed by atoms with van der Waals surface area (Å²) in [5.41, 5.74) is 2.40. The molecule has 1 saturated heterocycles.